The van der Waals surface area contributed by atoms with Crippen molar-refractivity contribution in [3.63, 3.8) is 0 Å². The van der Waals surface area contributed by atoms with Crippen LogP contribution in [0, 0.1) is 0 Å². The van der Waals surface area contributed by atoms with E-state index in [0.29, 0.717) is 33.1 Å². The van der Waals surface area contributed by atoms with Crippen LogP contribution in [0.15, 0.2) is 126 Å². The van der Waals surface area contributed by atoms with E-state index < -0.39 is 46.0 Å². The summed E-state index contributed by atoms with van der Waals surface area (Å²) in [5.41, 5.74) is 3.50. The van der Waals surface area contributed by atoms with E-state index in [1.165, 1.54) is 0 Å². The molecule has 0 radical (unpaired) electrons. The lowest BCUT2D eigenvalue weighted by Crippen LogP contribution is -1.95. The van der Waals surface area contributed by atoms with Crippen LogP contribution >= 0.6 is 0 Å². The average Bonchev–Trinajstić information content (AvgIpc) is 3.57. The van der Waals surface area contributed by atoms with E-state index in [4.69, 9.17) is 4.42 Å². The molecule has 0 amide bonds. The highest BCUT2D eigenvalue weighted by molar-refractivity contribution is 6.31. The first kappa shape index (κ1) is 31.9. The molecule has 0 fully saturated rings. The van der Waals surface area contributed by atoms with E-state index >= 15 is 0 Å². The first-order valence-electron chi connectivity index (χ1n) is 17.3. The van der Waals surface area contributed by atoms with Crippen LogP contribution in [0.25, 0.3) is 98.4 Å². The number of rotatable bonds is 3. The molecule has 10 rings (SSSR count). The van der Waals surface area contributed by atoms with Crippen LogP contribution in [-0.2, 0) is 0 Å². The van der Waals surface area contributed by atoms with Gasteiger partial charge in [-0.15, -0.1) is 0 Å². The number of hydrogen-bond donors (Lipinski definition) is 8. The van der Waals surface area contributed by atoms with Gasteiger partial charge < -0.3 is 45.3 Å². The van der Waals surface area contributed by atoms with Crippen molar-refractivity contribution in [3.05, 3.63) is 121 Å². The molecule has 1 aromatic heterocycles. The first-order valence-corrected chi connectivity index (χ1v) is 17.3. The Bertz CT molecular complexity index is 3210. The normalized spacial score (nSPS) is 11.9. The molecule has 8 N–H and O–H groups in total. The molecule has 266 valence electrons. The molecule has 9 nitrogen and oxygen atoms in total. The molecule has 0 unspecified atom stereocenters. The van der Waals surface area contributed by atoms with E-state index in [1.807, 2.05) is 91.0 Å². The summed E-state index contributed by atoms with van der Waals surface area (Å²) in [6.07, 6.45) is 0. The number of phenols is 8. The molecule has 0 spiro atoms. The summed E-state index contributed by atoms with van der Waals surface area (Å²) in [5.74, 6) is -7.50. The Kier molecular flexibility index (Phi) is 6.59. The zero-order chi connectivity index (χ0) is 37.9. The van der Waals surface area contributed by atoms with Crippen LogP contribution in [-0.4, -0.2) is 40.9 Å². The topological polar surface area (TPSA) is 175 Å². The number of fused-ring (bicyclic) bond motifs is 7. The zero-order valence-corrected chi connectivity index (χ0v) is 28.5. The lowest BCUT2D eigenvalue weighted by Gasteiger charge is -2.23. The summed E-state index contributed by atoms with van der Waals surface area (Å²) in [4.78, 5) is 0. The molecule has 0 atom stereocenters. The fourth-order valence-corrected chi connectivity index (χ4v) is 8.18. The van der Waals surface area contributed by atoms with Crippen LogP contribution in [0.4, 0.5) is 0 Å². The molecule has 1 heterocycles. The maximum Gasteiger partial charge on any atom is 0.204 e. The SMILES string of the molecule is Oc1c(O)c(O)c2c(-c3ccc(-c4ccccc4)c4ccccc34)c3c(O)c(O)c(O)c(O)c3c(-c3ccc4oc5cc6ccccc6cc5c4c3)c2c1O. The first-order chi connectivity index (χ1) is 26.6. The fourth-order valence-electron chi connectivity index (χ4n) is 8.18. The van der Waals surface area contributed by atoms with Gasteiger partial charge in [0.1, 0.15) is 11.2 Å². The van der Waals surface area contributed by atoms with Gasteiger partial charge in [0.25, 0.3) is 0 Å². The fraction of sp³-hybridized carbons (Fsp3) is 0. The van der Waals surface area contributed by atoms with Gasteiger partial charge in [-0.2, -0.15) is 0 Å². The molecule has 10 aromatic rings. The third kappa shape index (κ3) is 4.35. The van der Waals surface area contributed by atoms with Gasteiger partial charge in [-0.1, -0.05) is 97.1 Å². The van der Waals surface area contributed by atoms with E-state index in [1.54, 1.807) is 30.3 Å². The molecule has 0 saturated heterocycles. The summed E-state index contributed by atoms with van der Waals surface area (Å²) in [7, 11) is 0. The molecule has 0 aliphatic carbocycles. The Morgan fingerprint density at radius 1 is 0.309 bits per heavy atom. The monoisotopic (exact) mass is 724 g/mol. The molecular formula is C46H28O9. The van der Waals surface area contributed by atoms with Crippen molar-refractivity contribution in [1.82, 2.24) is 0 Å². The minimum atomic E-state index is -1.03. The van der Waals surface area contributed by atoms with Crippen LogP contribution in [0.2, 0.25) is 0 Å². The average molecular weight is 725 g/mol. The molecule has 0 saturated carbocycles. The van der Waals surface area contributed by atoms with Crippen molar-refractivity contribution < 1.29 is 45.3 Å². The Hall–Kier alpha value is -7.78. The van der Waals surface area contributed by atoms with Gasteiger partial charge >= 0.3 is 0 Å². The van der Waals surface area contributed by atoms with E-state index in [2.05, 4.69) is 0 Å². The molecule has 9 aromatic carbocycles. The van der Waals surface area contributed by atoms with E-state index in [0.717, 1.165) is 32.7 Å². The maximum atomic E-state index is 11.8. The summed E-state index contributed by atoms with van der Waals surface area (Å²) in [6, 6.07) is 37.3. The lowest BCUT2D eigenvalue weighted by molar-refractivity contribution is 0.350. The van der Waals surface area contributed by atoms with Gasteiger partial charge in [-0.3, -0.25) is 0 Å². The van der Waals surface area contributed by atoms with Crippen LogP contribution in [0.1, 0.15) is 0 Å². The molecule has 55 heavy (non-hydrogen) atoms. The number of furan rings is 1. The van der Waals surface area contributed by atoms with Gasteiger partial charge in [-0.05, 0) is 68.1 Å². The third-order valence-electron chi connectivity index (χ3n) is 10.7. The Morgan fingerprint density at radius 3 is 1.38 bits per heavy atom. The maximum absolute atomic E-state index is 11.8. The second kappa shape index (κ2) is 11.4. The summed E-state index contributed by atoms with van der Waals surface area (Å²) in [6.45, 7) is 0. The molecule has 0 bridgehead atoms. The third-order valence-corrected chi connectivity index (χ3v) is 10.7. The predicted molar refractivity (Wildman–Crippen MR) is 213 cm³/mol. The van der Waals surface area contributed by atoms with E-state index in [9.17, 15) is 40.9 Å². The largest absolute Gasteiger partial charge is 0.504 e. The quantitative estimate of drug-likeness (QED) is 0.0501. The van der Waals surface area contributed by atoms with Crippen molar-refractivity contribution in [2.75, 3.05) is 0 Å². The Morgan fingerprint density at radius 2 is 0.782 bits per heavy atom. The van der Waals surface area contributed by atoms with E-state index in [-0.39, 0.29) is 32.7 Å². The van der Waals surface area contributed by atoms with Gasteiger partial charge in [0.05, 0.1) is 0 Å². The molecule has 0 aliphatic heterocycles. The van der Waals surface area contributed by atoms with Gasteiger partial charge in [0.2, 0.25) is 23.0 Å². The van der Waals surface area contributed by atoms with Crippen molar-refractivity contribution in [1.29, 1.82) is 0 Å². The van der Waals surface area contributed by atoms with Gasteiger partial charge in [0.15, 0.2) is 23.0 Å². The highest BCUT2D eigenvalue weighted by Gasteiger charge is 2.33. The minimum Gasteiger partial charge on any atom is -0.504 e. The van der Waals surface area contributed by atoms with Crippen molar-refractivity contribution in [3.8, 4) is 79.4 Å². The number of aromatic hydroxyl groups is 8. The minimum absolute atomic E-state index is 0.0166. The Balaban J connectivity index is 1.41. The number of benzene rings is 9. The van der Waals surface area contributed by atoms with Crippen molar-refractivity contribution >= 4 is 65.0 Å². The summed E-state index contributed by atoms with van der Waals surface area (Å²) >= 11 is 0. The van der Waals surface area contributed by atoms with Crippen LogP contribution in [0.3, 0.4) is 0 Å². The number of phenolic OH excluding ortho intramolecular Hbond substituents is 8. The predicted octanol–water partition coefficient (Wildman–Crippen LogP) is 10.8. The van der Waals surface area contributed by atoms with Crippen molar-refractivity contribution in [2.45, 2.75) is 0 Å². The molecule has 0 aliphatic rings. The smallest absolute Gasteiger partial charge is 0.204 e. The zero-order valence-electron chi connectivity index (χ0n) is 28.5. The van der Waals surface area contributed by atoms with Gasteiger partial charge in [0, 0.05) is 43.4 Å². The Labute approximate surface area is 310 Å². The van der Waals surface area contributed by atoms with Crippen molar-refractivity contribution in [2.24, 2.45) is 0 Å². The highest BCUT2D eigenvalue weighted by Crippen LogP contribution is 2.62. The van der Waals surface area contributed by atoms with Crippen LogP contribution < -0.4 is 0 Å². The summed E-state index contributed by atoms with van der Waals surface area (Å²) in [5, 5.41) is 95.3. The lowest BCUT2D eigenvalue weighted by atomic mass is 9.81. The highest BCUT2D eigenvalue weighted by atomic mass is 16.4. The number of hydrogen-bond acceptors (Lipinski definition) is 9. The standard InChI is InChI=1S/C46H28O9/c47-39-35-33(24-14-17-31-29(19-24)30-18-22-10-4-5-11-23(22)20-32(30)55-31)36-38(42(50)46(54)44(52)40(36)48)34(37(35)41(49)45(53)43(39)51)28-16-15-25(21-8-2-1-3-9-21)26-12-6-7-13-27(26)28/h1-20,47-54H. The molecular weight excluding hydrogens is 696 g/mol. The van der Waals surface area contributed by atoms with Gasteiger partial charge in [-0.25, -0.2) is 0 Å². The second-order valence-electron chi connectivity index (χ2n) is 13.6. The van der Waals surface area contributed by atoms with Crippen LogP contribution in [0.5, 0.6) is 46.0 Å². The summed E-state index contributed by atoms with van der Waals surface area (Å²) < 4.78 is 6.22. The molecule has 9 heteroatoms. The second-order valence-corrected chi connectivity index (χ2v) is 13.6.